The summed E-state index contributed by atoms with van der Waals surface area (Å²) in [5, 5.41) is 0. The number of hydrogen-bond acceptors (Lipinski definition) is 5. The Hall–Kier alpha value is -4.40. The minimum absolute atomic E-state index is 0.272. The van der Waals surface area contributed by atoms with Crippen LogP contribution in [0, 0.1) is 6.92 Å². The van der Waals surface area contributed by atoms with E-state index in [1.807, 2.05) is 48.0 Å². The van der Waals surface area contributed by atoms with Crippen molar-refractivity contribution in [2.75, 3.05) is 6.61 Å². The molecule has 5 rings (SSSR count). The SMILES string of the molecule is CCOC(=O)c1ccc(-n2c(C)cn3c4c(=O)n(CCc5ccccc5)c(=O)n(C)c4nc23)cc1. The molecule has 0 unspecified atom stereocenters. The van der Waals surface area contributed by atoms with Crippen LogP contribution < -0.4 is 11.2 Å². The standard InChI is InChI=1S/C26H25N5O4/c1-4-35-24(33)19-10-12-20(13-11-19)31-17(2)16-30-21-22(27-25(30)31)28(3)26(34)29(23(21)32)15-14-18-8-6-5-7-9-18/h5-13,16H,4,14-15H2,1-3H3. The topological polar surface area (TPSA) is 92.5 Å². The molecule has 0 saturated heterocycles. The minimum Gasteiger partial charge on any atom is -0.462 e. The molecule has 0 spiro atoms. The third-order valence-electron chi connectivity index (χ3n) is 6.13. The predicted molar refractivity (Wildman–Crippen MR) is 132 cm³/mol. The van der Waals surface area contributed by atoms with Crippen LogP contribution in [0.15, 0.2) is 70.4 Å². The number of nitrogens with zero attached hydrogens (tertiary/aromatic N) is 5. The molecule has 35 heavy (non-hydrogen) atoms. The van der Waals surface area contributed by atoms with Crippen molar-refractivity contribution in [2.45, 2.75) is 26.8 Å². The third kappa shape index (κ3) is 3.74. The van der Waals surface area contributed by atoms with Crippen LogP contribution in [0.5, 0.6) is 0 Å². The van der Waals surface area contributed by atoms with Gasteiger partial charge in [-0.1, -0.05) is 30.3 Å². The first-order valence-electron chi connectivity index (χ1n) is 11.4. The van der Waals surface area contributed by atoms with Gasteiger partial charge in [0.05, 0.1) is 12.2 Å². The Balaban J connectivity index is 1.62. The van der Waals surface area contributed by atoms with E-state index >= 15 is 0 Å². The zero-order valence-corrected chi connectivity index (χ0v) is 19.8. The second-order valence-corrected chi connectivity index (χ2v) is 8.36. The lowest BCUT2D eigenvalue weighted by molar-refractivity contribution is 0.0526. The first kappa shape index (κ1) is 22.4. The van der Waals surface area contributed by atoms with Gasteiger partial charge in [0, 0.05) is 31.2 Å². The maximum absolute atomic E-state index is 13.5. The van der Waals surface area contributed by atoms with Gasteiger partial charge in [-0.05, 0) is 50.1 Å². The zero-order valence-electron chi connectivity index (χ0n) is 19.8. The summed E-state index contributed by atoms with van der Waals surface area (Å²) < 4.78 is 11.3. The summed E-state index contributed by atoms with van der Waals surface area (Å²) in [6.45, 7) is 4.25. The van der Waals surface area contributed by atoms with E-state index in [1.54, 1.807) is 42.6 Å². The minimum atomic E-state index is -0.402. The highest BCUT2D eigenvalue weighted by Gasteiger charge is 2.21. The number of carbonyl (C=O) groups is 1. The van der Waals surface area contributed by atoms with Crippen molar-refractivity contribution in [1.82, 2.24) is 23.1 Å². The van der Waals surface area contributed by atoms with Crippen LogP contribution in [0.4, 0.5) is 0 Å². The first-order chi connectivity index (χ1) is 16.9. The monoisotopic (exact) mass is 471 g/mol. The van der Waals surface area contributed by atoms with Gasteiger partial charge in [-0.3, -0.25) is 22.9 Å². The van der Waals surface area contributed by atoms with Gasteiger partial charge in [-0.25, -0.2) is 9.59 Å². The normalized spacial score (nSPS) is 11.4. The maximum atomic E-state index is 13.5. The number of fused-ring (bicyclic) bond motifs is 3. The second kappa shape index (κ2) is 8.75. The molecular formula is C26H25N5O4. The van der Waals surface area contributed by atoms with Gasteiger partial charge >= 0.3 is 11.7 Å². The molecule has 0 amide bonds. The lowest BCUT2D eigenvalue weighted by Gasteiger charge is -2.08. The summed E-state index contributed by atoms with van der Waals surface area (Å²) in [6.07, 6.45) is 2.40. The van der Waals surface area contributed by atoms with Gasteiger partial charge < -0.3 is 4.74 Å². The van der Waals surface area contributed by atoms with E-state index < -0.39 is 5.69 Å². The average Bonchev–Trinajstić information content (AvgIpc) is 3.38. The van der Waals surface area contributed by atoms with Gasteiger partial charge in [0.1, 0.15) is 0 Å². The van der Waals surface area contributed by atoms with Gasteiger partial charge in [-0.15, -0.1) is 0 Å². The number of ether oxygens (including phenoxy) is 1. The number of imidazole rings is 2. The Morgan fingerprint density at radius 2 is 1.74 bits per heavy atom. The van der Waals surface area contributed by atoms with Crippen LogP contribution in [0.2, 0.25) is 0 Å². The van der Waals surface area contributed by atoms with E-state index in [0.717, 1.165) is 16.9 Å². The van der Waals surface area contributed by atoms with Crippen molar-refractivity contribution in [3.05, 3.63) is 98.5 Å². The van der Waals surface area contributed by atoms with Crippen LogP contribution >= 0.6 is 0 Å². The summed E-state index contributed by atoms with van der Waals surface area (Å²) in [5.41, 5.74) is 3.02. The number of benzene rings is 2. The molecule has 2 aromatic carbocycles. The highest BCUT2D eigenvalue weighted by atomic mass is 16.5. The molecule has 0 bridgehead atoms. The van der Waals surface area contributed by atoms with Crippen LogP contribution in [0.1, 0.15) is 28.5 Å². The first-order valence-corrected chi connectivity index (χ1v) is 11.4. The lowest BCUT2D eigenvalue weighted by Crippen LogP contribution is -2.39. The van der Waals surface area contributed by atoms with Crippen LogP contribution in [0.25, 0.3) is 22.6 Å². The second-order valence-electron chi connectivity index (χ2n) is 8.36. The predicted octanol–water partition coefficient (Wildman–Crippen LogP) is 2.87. The Morgan fingerprint density at radius 1 is 1.03 bits per heavy atom. The maximum Gasteiger partial charge on any atom is 0.338 e. The molecule has 0 aliphatic heterocycles. The van der Waals surface area contributed by atoms with E-state index in [9.17, 15) is 14.4 Å². The molecule has 0 aliphatic carbocycles. The fourth-order valence-corrected chi connectivity index (χ4v) is 4.37. The van der Waals surface area contributed by atoms with Crippen molar-refractivity contribution in [3.63, 3.8) is 0 Å². The van der Waals surface area contributed by atoms with Crippen molar-refractivity contribution in [1.29, 1.82) is 0 Å². The Labute approximate surface area is 200 Å². The fourth-order valence-electron chi connectivity index (χ4n) is 4.37. The molecular weight excluding hydrogens is 446 g/mol. The van der Waals surface area contributed by atoms with Gasteiger partial charge in [0.2, 0.25) is 5.78 Å². The Morgan fingerprint density at radius 3 is 2.43 bits per heavy atom. The summed E-state index contributed by atoms with van der Waals surface area (Å²) in [4.78, 5) is 43.2. The molecule has 0 aliphatic rings. The molecule has 3 aromatic heterocycles. The number of aryl methyl sites for hydroxylation is 3. The molecule has 9 nitrogen and oxygen atoms in total. The molecule has 0 atom stereocenters. The molecule has 0 N–H and O–H groups in total. The Bertz CT molecular complexity index is 1670. The third-order valence-corrected chi connectivity index (χ3v) is 6.13. The van der Waals surface area contributed by atoms with E-state index in [4.69, 9.17) is 4.74 Å². The van der Waals surface area contributed by atoms with E-state index in [1.165, 1.54) is 9.13 Å². The molecule has 0 saturated carbocycles. The molecule has 9 heteroatoms. The smallest absolute Gasteiger partial charge is 0.338 e. The van der Waals surface area contributed by atoms with Gasteiger partial charge in [0.25, 0.3) is 5.56 Å². The number of aromatic nitrogens is 5. The zero-order chi connectivity index (χ0) is 24.7. The van der Waals surface area contributed by atoms with Gasteiger partial charge in [0.15, 0.2) is 11.2 Å². The summed E-state index contributed by atoms with van der Waals surface area (Å²) >= 11 is 0. The van der Waals surface area contributed by atoms with E-state index in [-0.39, 0.29) is 18.1 Å². The van der Waals surface area contributed by atoms with Crippen molar-refractivity contribution < 1.29 is 9.53 Å². The molecule has 3 heterocycles. The summed E-state index contributed by atoms with van der Waals surface area (Å²) in [6, 6.07) is 16.7. The average molecular weight is 472 g/mol. The number of rotatable bonds is 6. The summed E-state index contributed by atoms with van der Waals surface area (Å²) in [5.74, 6) is 0.125. The summed E-state index contributed by atoms with van der Waals surface area (Å²) in [7, 11) is 1.63. The highest BCUT2D eigenvalue weighted by molar-refractivity contribution is 5.89. The number of carbonyl (C=O) groups excluding carboxylic acids is 1. The van der Waals surface area contributed by atoms with Gasteiger partial charge in [-0.2, -0.15) is 4.98 Å². The highest BCUT2D eigenvalue weighted by Crippen LogP contribution is 2.21. The van der Waals surface area contributed by atoms with Crippen LogP contribution in [-0.2, 0) is 24.8 Å². The largest absolute Gasteiger partial charge is 0.462 e. The van der Waals surface area contributed by atoms with E-state index in [2.05, 4.69) is 4.98 Å². The van der Waals surface area contributed by atoms with Crippen molar-refractivity contribution in [3.8, 4) is 5.69 Å². The Kier molecular flexibility index (Phi) is 5.60. The number of hydrogen-bond donors (Lipinski definition) is 0. The fraction of sp³-hybridized carbons (Fsp3) is 0.231. The molecule has 5 aromatic rings. The molecule has 0 fully saturated rings. The van der Waals surface area contributed by atoms with E-state index in [0.29, 0.717) is 35.5 Å². The molecule has 0 radical (unpaired) electrons. The van der Waals surface area contributed by atoms with Crippen molar-refractivity contribution >= 4 is 22.9 Å². The number of esters is 1. The molecule has 178 valence electrons. The van der Waals surface area contributed by atoms with Crippen LogP contribution in [0.3, 0.4) is 0 Å². The van der Waals surface area contributed by atoms with Crippen LogP contribution in [-0.4, -0.2) is 35.7 Å². The lowest BCUT2D eigenvalue weighted by atomic mass is 10.1. The quantitative estimate of drug-likeness (QED) is 0.355. The van der Waals surface area contributed by atoms with Crippen molar-refractivity contribution in [2.24, 2.45) is 7.05 Å².